The summed E-state index contributed by atoms with van der Waals surface area (Å²) in [6.45, 7) is 5.79. The predicted octanol–water partition coefficient (Wildman–Crippen LogP) is 5.80. The lowest BCUT2D eigenvalue weighted by Gasteiger charge is -2.21. The summed E-state index contributed by atoms with van der Waals surface area (Å²) in [7, 11) is 3.42. The van der Waals surface area contributed by atoms with Gasteiger partial charge >= 0.3 is 0 Å². The molecule has 0 radical (unpaired) electrons. The molecule has 0 amide bonds. The first-order valence-electron chi connectivity index (χ1n) is 10.8. The summed E-state index contributed by atoms with van der Waals surface area (Å²) in [6.07, 6.45) is 1.15. The van der Waals surface area contributed by atoms with E-state index in [4.69, 9.17) is 14.2 Å². The molecule has 3 aromatic rings. The van der Waals surface area contributed by atoms with Crippen molar-refractivity contribution in [3.8, 4) is 17.2 Å². The maximum absolute atomic E-state index is 5.72. The number of rotatable bonds is 11. The Kier molecular flexibility index (Phi) is 8.36. The van der Waals surface area contributed by atoms with Crippen LogP contribution in [0.4, 0.5) is 0 Å². The molecular formula is C27H33NO3. The van der Waals surface area contributed by atoms with Crippen molar-refractivity contribution in [2.75, 3.05) is 20.8 Å². The molecule has 4 nitrogen and oxygen atoms in total. The van der Waals surface area contributed by atoms with Crippen molar-refractivity contribution < 1.29 is 14.2 Å². The fourth-order valence-corrected chi connectivity index (χ4v) is 3.73. The van der Waals surface area contributed by atoms with Crippen molar-refractivity contribution in [1.29, 1.82) is 0 Å². The summed E-state index contributed by atoms with van der Waals surface area (Å²) in [4.78, 5) is 0. The Morgan fingerprint density at radius 2 is 1.45 bits per heavy atom. The maximum Gasteiger partial charge on any atom is 0.122 e. The van der Waals surface area contributed by atoms with E-state index >= 15 is 0 Å². The van der Waals surface area contributed by atoms with Gasteiger partial charge in [0.15, 0.2) is 0 Å². The highest BCUT2D eigenvalue weighted by Crippen LogP contribution is 2.34. The average molecular weight is 420 g/mol. The Morgan fingerprint density at radius 3 is 2.10 bits per heavy atom. The number of ether oxygens (including phenoxy) is 3. The van der Waals surface area contributed by atoms with Crippen LogP contribution >= 0.6 is 0 Å². The molecule has 0 spiro atoms. The van der Waals surface area contributed by atoms with E-state index in [0.29, 0.717) is 0 Å². The summed E-state index contributed by atoms with van der Waals surface area (Å²) in [5.41, 5.74) is 3.70. The lowest BCUT2D eigenvalue weighted by atomic mass is 9.88. The maximum atomic E-state index is 5.72. The van der Waals surface area contributed by atoms with Crippen LogP contribution in [0.25, 0.3) is 0 Å². The van der Waals surface area contributed by atoms with Crippen molar-refractivity contribution >= 4 is 0 Å². The van der Waals surface area contributed by atoms with Gasteiger partial charge in [0.2, 0.25) is 0 Å². The van der Waals surface area contributed by atoms with Crippen LogP contribution in [0.5, 0.6) is 17.2 Å². The third-order valence-electron chi connectivity index (χ3n) is 5.27. The SMILES string of the molecule is COc1ccc([C@@H](CCNCc2ccc(OC(C)C)cc2)c2ccccc2OC)cc1. The Hall–Kier alpha value is -2.98. The van der Waals surface area contributed by atoms with Gasteiger partial charge in [-0.15, -0.1) is 0 Å². The molecule has 0 saturated heterocycles. The molecule has 3 rings (SSSR count). The molecule has 0 heterocycles. The normalized spacial score (nSPS) is 11.9. The van der Waals surface area contributed by atoms with E-state index < -0.39 is 0 Å². The highest BCUT2D eigenvalue weighted by molar-refractivity contribution is 5.43. The molecule has 0 aromatic heterocycles. The molecule has 0 fully saturated rings. The molecule has 0 aliphatic carbocycles. The lowest BCUT2D eigenvalue weighted by Crippen LogP contribution is -2.18. The molecule has 0 aliphatic heterocycles. The number of hydrogen-bond acceptors (Lipinski definition) is 4. The van der Waals surface area contributed by atoms with Gasteiger partial charge in [-0.3, -0.25) is 0 Å². The van der Waals surface area contributed by atoms with Gasteiger partial charge < -0.3 is 19.5 Å². The lowest BCUT2D eigenvalue weighted by molar-refractivity contribution is 0.242. The quantitative estimate of drug-likeness (QED) is 0.399. The van der Waals surface area contributed by atoms with Gasteiger partial charge in [-0.25, -0.2) is 0 Å². The first-order valence-corrected chi connectivity index (χ1v) is 10.8. The molecule has 4 heteroatoms. The fourth-order valence-electron chi connectivity index (χ4n) is 3.73. The van der Waals surface area contributed by atoms with Gasteiger partial charge in [0, 0.05) is 18.0 Å². The summed E-state index contributed by atoms with van der Waals surface area (Å²) in [5.74, 6) is 2.93. The zero-order chi connectivity index (χ0) is 22.1. The van der Waals surface area contributed by atoms with Crippen LogP contribution in [-0.4, -0.2) is 26.9 Å². The van der Waals surface area contributed by atoms with E-state index in [2.05, 4.69) is 41.7 Å². The van der Waals surface area contributed by atoms with Gasteiger partial charge in [-0.05, 0) is 68.3 Å². The summed E-state index contributed by atoms with van der Waals surface area (Å²) in [6, 6.07) is 24.9. The van der Waals surface area contributed by atoms with E-state index in [1.165, 1.54) is 16.7 Å². The molecule has 0 saturated carbocycles. The van der Waals surface area contributed by atoms with Crippen molar-refractivity contribution in [3.63, 3.8) is 0 Å². The highest BCUT2D eigenvalue weighted by atomic mass is 16.5. The molecule has 31 heavy (non-hydrogen) atoms. The Bertz CT molecular complexity index is 920. The minimum absolute atomic E-state index is 0.189. The van der Waals surface area contributed by atoms with Gasteiger partial charge in [0.1, 0.15) is 17.2 Å². The minimum Gasteiger partial charge on any atom is -0.497 e. The standard InChI is InChI=1S/C27H33NO3/c1-20(2)31-24-13-9-21(10-14-24)19-28-18-17-25(22-11-15-23(29-3)16-12-22)26-7-5-6-8-27(26)30-4/h5-16,20,25,28H,17-19H2,1-4H3/t25-/m1/s1. The Morgan fingerprint density at radius 1 is 0.774 bits per heavy atom. The molecular weight excluding hydrogens is 386 g/mol. The highest BCUT2D eigenvalue weighted by Gasteiger charge is 2.18. The molecule has 164 valence electrons. The van der Waals surface area contributed by atoms with Crippen LogP contribution < -0.4 is 19.5 Å². The monoisotopic (exact) mass is 419 g/mol. The second-order valence-corrected chi connectivity index (χ2v) is 7.84. The van der Waals surface area contributed by atoms with E-state index in [-0.39, 0.29) is 12.0 Å². The van der Waals surface area contributed by atoms with E-state index in [1.807, 2.05) is 50.2 Å². The third kappa shape index (κ3) is 6.50. The average Bonchev–Trinajstić information content (AvgIpc) is 2.80. The van der Waals surface area contributed by atoms with Gasteiger partial charge in [0.25, 0.3) is 0 Å². The van der Waals surface area contributed by atoms with Gasteiger partial charge in [-0.2, -0.15) is 0 Å². The number of hydrogen-bond donors (Lipinski definition) is 1. The summed E-state index contributed by atoms with van der Waals surface area (Å²) >= 11 is 0. The van der Waals surface area contributed by atoms with Gasteiger partial charge in [-0.1, -0.05) is 42.5 Å². The zero-order valence-electron chi connectivity index (χ0n) is 18.9. The van der Waals surface area contributed by atoms with Crippen molar-refractivity contribution in [2.45, 2.75) is 38.8 Å². The second-order valence-electron chi connectivity index (χ2n) is 7.84. The number of nitrogens with one attached hydrogen (secondary N) is 1. The first kappa shape index (κ1) is 22.7. The van der Waals surface area contributed by atoms with Crippen LogP contribution in [0.3, 0.4) is 0 Å². The largest absolute Gasteiger partial charge is 0.497 e. The van der Waals surface area contributed by atoms with E-state index in [0.717, 1.165) is 36.8 Å². The first-order chi connectivity index (χ1) is 15.1. The predicted molar refractivity (Wildman–Crippen MR) is 126 cm³/mol. The molecule has 1 atom stereocenters. The van der Waals surface area contributed by atoms with Crippen LogP contribution in [0.1, 0.15) is 42.9 Å². The molecule has 0 bridgehead atoms. The number of para-hydroxylation sites is 1. The smallest absolute Gasteiger partial charge is 0.122 e. The third-order valence-corrected chi connectivity index (χ3v) is 5.27. The van der Waals surface area contributed by atoms with Crippen molar-refractivity contribution in [3.05, 3.63) is 89.5 Å². The molecule has 0 aliphatic rings. The molecule has 0 unspecified atom stereocenters. The Labute approximate surface area is 186 Å². The van der Waals surface area contributed by atoms with Crippen LogP contribution in [0.15, 0.2) is 72.8 Å². The second kappa shape index (κ2) is 11.4. The van der Waals surface area contributed by atoms with Gasteiger partial charge in [0.05, 0.1) is 20.3 Å². The minimum atomic E-state index is 0.189. The number of benzene rings is 3. The van der Waals surface area contributed by atoms with E-state index in [1.54, 1.807) is 14.2 Å². The summed E-state index contributed by atoms with van der Waals surface area (Å²) < 4.78 is 16.7. The fraction of sp³-hybridized carbons (Fsp3) is 0.333. The topological polar surface area (TPSA) is 39.7 Å². The van der Waals surface area contributed by atoms with Crippen LogP contribution in [-0.2, 0) is 6.54 Å². The van der Waals surface area contributed by atoms with Crippen LogP contribution in [0, 0.1) is 0 Å². The van der Waals surface area contributed by atoms with E-state index in [9.17, 15) is 0 Å². The molecule has 3 aromatic carbocycles. The van der Waals surface area contributed by atoms with Crippen LogP contribution in [0.2, 0.25) is 0 Å². The summed E-state index contributed by atoms with van der Waals surface area (Å²) in [5, 5.41) is 3.59. The Balaban J connectivity index is 1.66. The van der Waals surface area contributed by atoms with Crippen molar-refractivity contribution in [2.24, 2.45) is 0 Å². The zero-order valence-corrected chi connectivity index (χ0v) is 18.9. The van der Waals surface area contributed by atoms with Crippen molar-refractivity contribution in [1.82, 2.24) is 5.32 Å². The number of methoxy groups -OCH3 is 2. The molecule has 1 N–H and O–H groups in total.